The molecule has 0 radical (unpaired) electrons. The van der Waals surface area contributed by atoms with E-state index in [1.807, 2.05) is 0 Å². The second kappa shape index (κ2) is 10.7. The van der Waals surface area contributed by atoms with Crippen LogP contribution in [0.15, 0.2) is 66.2 Å². The molecule has 1 fully saturated rings. The van der Waals surface area contributed by atoms with E-state index >= 15 is 0 Å². The quantitative estimate of drug-likeness (QED) is 0.287. The SMILES string of the molecule is COc1cncc(-c2cc(C(F)(F)F)ccc2NC(=O)C2=C(O)[C@@]3(C)CCCN3N(Cc3cccc(F)c3F)C2=O)c1. The minimum absolute atomic E-state index is 0.0692. The number of amides is 2. The van der Waals surface area contributed by atoms with Gasteiger partial charge < -0.3 is 15.2 Å². The number of aromatic nitrogens is 1. The summed E-state index contributed by atoms with van der Waals surface area (Å²) in [4.78, 5) is 31.3. The van der Waals surface area contributed by atoms with Gasteiger partial charge in [-0.2, -0.15) is 13.2 Å². The van der Waals surface area contributed by atoms with Gasteiger partial charge in [-0.15, -0.1) is 0 Å². The molecule has 1 aromatic heterocycles. The molecule has 2 aromatic carbocycles. The average Bonchev–Trinajstić information content (AvgIpc) is 3.36. The van der Waals surface area contributed by atoms with Crippen LogP contribution in [0.2, 0.25) is 0 Å². The fourth-order valence-corrected chi connectivity index (χ4v) is 5.31. The summed E-state index contributed by atoms with van der Waals surface area (Å²) in [7, 11) is 1.36. The highest BCUT2D eigenvalue weighted by Gasteiger charge is 2.52. The Balaban J connectivity index is 1.55. The number of alkyl halides is 3. The number of hydrogen-bond acceptors (Lipinski definition) is 6. The lowest BCUT2D eigenvalue weighted by Gasteiger charge is -2.46. The molecule has 1 saturated heterocycles. The molecule has 0 bridgehead atoms. The normalized spacial score (nSPS) is 19.2. The number of hydrogen-bond donors (Lipinski definition) is 2. The molecule has 2 aliphatic heterocycles. The van der Waals surface area contributed by atoms with Crippen LogP contribution in [-0.4, -0.2) is 51.1 Å². The van der Waals surface area contributed by atoms with Crippen LogP contribution in [0, 0.1) is 11.6 Å². The molecule has 2 amide bonds. The number of methoxy groups -OCH3 is 1. The Morgan fingerprint density at radius 3 is 2.64 bits per heavy atom. The van der Waals surface area contributed by atoms with Crippen molar-refractivity contribution < 1.29 is 41.4 Å². The second-order valence-electron chi connectivity index (χ2n) is 10.1. The van der Waals surface area contributed by atoms with Crippen LogP contribution in [0.5, 0.6) is 5.75 Å². The molecule has 2 N–H and O–H groups in total. The van der Waals surface area contributed by atoms with Gasteiger partial charge in [-0.05, 0) is 50.1 Å². The molecule has 0 saturated carbocycles. The minimum atomic E-state index is -4.70. The Hall–Kier alpha value is -4.52. The molecular weight excluding hydrogens is 563 g/mol. The number of carbonyl (C=O) groups excluding carboxylic acids is 2. The van der Waals surface area contributed by atoms with Crippen molar-refractivity contribution in [1.82, 2.24) is 15.0 Å². The highest BCUT2D eigenvalue weighted by atomic mass is 19.4. The van der Waals surface area contributed by atoms with Crippen LogP contribution in [0.4, 0.5) is 27.6 Å². The summed E-state index contributed by atoms with van der Waals surface area (Å²) >= 11 is 0. The number of anilines is 1. The van der Waals surface area contributed by atoms with Gasteiger partial charge in [-0.1, -0.05) is 12.1 Å². The van der Waals surface area contributed by atoms with Crippen molar-refractivity contribution in [1.29, 1.82) is 0 Å². The third kappa shape index (κ3) is 5.04. The maximum atomic E-state index is 14.6. The zero-order valence-corrected chi connectivity index (χ0v) is 22.4. The van der Waals surface area contributed by atoms with Gasteiger partial charge in [0.05, 0.1) is 31.0 Å². The third-order valence-electron chi connectivity index (χ3n) is 7.52. The van der Waals surface area contributed by atoms with Crippen molar-refractivity contribution in [3.05, 3.63) is 89.0 Å². The molecule has 220 valence electrons. The largest absolute Gasteiger partial charge is 0.509 e. The Morgan fingerprint density at radius 1 is 1.17 bits per heavy atom. The molecule has 0 spiro atoms. The third-order valence-corrected chi connectivity index (χ3v) is 7.52. The molecule has 42 heavy (non-hydrogen) atoms. The van der Waals surface area contributed by atoms with Gasteiger partial charge in [0.25, 0.3) is 11.8 Å². The highest BCUT2D eigenvalue weighted by molar-refractivity contribution is 6.24. The zero-order valence-electron chi connectivity index (χ0n) is 22.4. The number of ether oxygens (including phenoxy) is 1. The van der Waals surface area contributed by atoms with E-state index in [0.717, 1.165) is 29.3 Å². The first-order valence-corrected chi connectivity index (χ1v) is 12.8. The molecule has 0 aliphatic carbocycles. The summed E-state index contributed by atoms with van der Waals surface area (Å²) in [6.45, 7) is 1.47. The van der Waals surface area contributed by atoms with Gasteiger partial charge >= 0.3 is 6.18 Å². The summed E-state index contributed by atoms with van der Waals surface area (Å²) in [6.07, 6.45) is -1.20. The summed E-state index contributed by atoms with van der Waals surface area (Å²) in [6, 6.07) is 7.56. The maximum Gasteiger partial charge on any atom is 0.416 e. The average molecular weight is 589 g/mol. The maximum absolute atomic E-state index is 14.6. The number of fused-ring (bicyclic) bond motifs is 1. The van der Waals surface area contributed by atoms with Crippen molar-refractivity contribution in [2.75, 3.05) is 19.0 Å². The van der Waals surface area contributed by atoms with E-state index in [1.165, 1.54) is 42.7 Å². The van der Waals surface area contributed by atoms with E-state index in [4.69, 9.17) is 4.74 Å². The van der Waals surface area contributed by atoms with Gasteiger partial charge in [-0.3, -0.25) is 19.6 Å². The van der Waals surface area contributed by atoms with Gasteiger partial charge in [0.1, 0.15) is 17.1 Å². The number of nitrogens with one attached hydrogen (secondary N) is 1. The molecule has 3 heterocycles. The molecule has 5 rings (SSSR count). The number of aliphatic hydroxyl groups excluding tert-OH is 1. The van der Waals surface area contributed by atoms with Crippen LogP contribution in [0.3, 0.4) is 0 Å². The van der Waals surface area contributed by atoms with Crippen molar-refractivity contribution in [2.24, 2.45) is 0 Å². The monoisotopic (exact) mass is 588 g/mol. The Labute approximate surface area is 237 Å². The lowest BCUT2D eigenvalue weighted by Crippen LogP contribution is -2.60. The van der Waals surface area contributed by atoms with Crippen LogP contribution < -0.4 is 10.1 Å². The van der Waals surface area contributed by atoms with E-state index in [1.54, 1.807) is 6.92 Å². The van der Waals surface area contributed by atoms with Crippen LogP contribution in [0.1, 0.15) is 30.9 Å². The molecule has 0 unspecified atom stereocenters. The standard InChI is InChI=1S/C29H25F5N4O4/c1-28-9-4-10-38(28)37(15-16-5-3-6-21(30)24(16)31)27(41)23(25(28)39)26(40)36-22-8-7-18(29(32,33)34)12-20(22)17-11-19(42-2)14-35-13-17/h3,5-8,11-14,39H,4,9-10,15H2,1-2H3,(H,36,40)/t28-/m1/s1. The van der Waals surface area contributed by atoms with Gasteiger partial charge in [0.15, 0.2) is 11.6 Å². The molecule has 2 aliphatic rings. The summed E-state index contributed by atoms with van der Waals surface area (Å²) in [5.74, 6) is -4.62. The van der Waals surface area contributed by atoms with Gasteiger partial charge in [0.2, 0.25) is 0 Å². The fourth-order valence-electron chi connectivity index (χ4n) is 5.31. The first-order chi connectivity index (χ1) is 19.8. The van der Waals surface area contributed by atoms with Gasteiger partial charge in [-0.25, -0.2) is 13.8 Å². The predicted molar refractivity (Wildman–Crippen MR) is 141 cm³/mol. The van der Waals surface area contributed by atoms with E-state index in [9.17, 15) is 36.6 Å². The van der Waals surface area contributed by atoms with E-state index < -0.39 is 58.6 Å². The van der Waals surface area contributed by atoms with Crippen LogP contribution in [-0.2, 0) is 22.3 Å². The van der Waals surface area contributed by atoms with E-state index in [0.29, 0.717) is 19.4 Å². The number of nitrogens with zero attached hydrogens (tertiary/aromatic N) is 3. The number of benzene rings is 2. The lowest BCUT2D eigenvalue weighted by atomic mass is 9.90. The highest BCUT2D eigenvalue weighted by Crippen LogP contribution is 2.42. The molecule has 8 nitrogen and oxygen atoms in total. The first kappa shape index (κ1) is 29.0. The molecule has 13 heteroatoms. The van der Waals surface area contributed by atoms with Gasteiger partial charge in [0, 0.05) is 35.1 Å². The minimum Gasteiger partial charge on any atom is -0.509 e. The second-order valence-corrected chi connectivity index (χ2v) is 10.1. The van der Waals surface area contributed by atoms with Crippen LogP contribution in [0.25, 0.3) is 11.1 Å². The molecule has 3 aromatic rings. The summed E-state index contributed by atoms with van der Waals surface area (Å²) in [5, 5.41) is 16.3. The Bertz CT molecular complexity index is 1610. The predicted octanol–water partition coefficient (Wildman–Crippen LogP) is 5.62. The first-order valence-electron chi connectivity index (χ1n) is 12.8. The topological polar surface area (TPSA) is 95.0 Å². The number of aliphatic hydroxyl groups is 1. The number of hydrazine groups is 1. The smallest absolute Gasteiger partial charge is 0.416 e. The number of carbonyl (C=O) groups is 2. The Kier molecular flexibility index (Phi) is 7.39. The summed E-state index contributed by atoms with van der Waals surface area (Å²) in [5.41, 5.74) is -3.01. The fraction of sp³-hybridized carbons (Fsp3) is 0.276. The van der Waals surface area contributed by atoms with Crippen LogP contribution >= 0.6 is 0 Å². The van der Waals surface area contributed by atoms with E-state index in [2.05, 4.69) is 10.3 Å². The lowest BCUT2D eigenvalue weighted by molar-refractivity contribution is -0.160. The molecular formula is C29H25F5N4O4. The van der Waals surface area contributed by atoms with Crippen molar-refractivity contribution in [2.45, 2.75) is 38.0 Å². The number of pyridine rings is 1. The van der Waals surface area contributed by atoms with E-state index in [-0.39, 0.29) is 28.1 Å². The van der Waals surface area contributed by atoms with Crippen molar-refractivity contribution in [3.63, 3.8) is 0 Å². The van der Waals surface area contributed by atoms with Crippen molar-refractivity contribution >= 4 is 17.5 Å². The van der Waals surface area contributed by atoms with Crippen molar-refractivity contribution in [3.8, 4) is 16.9 Å². The Morgan fingerprint density at radius 2 is 1.93 bits per heavy atom. The summed E-state index contributed by atoms with van der Waals surface area (Å²) < 4.78 is 74.4. The number of rotatable bonds is 6. The zero-order chi connectivity index (χ0) is 30.4. The molecule has 1 atom stereocenters. The number of halogens is 5.